The Morgan fingerprint density at radius 2 is 1.88 bits per heavy atom. The summed E-state index contributed by atoms with van der Waals surface area (Å²) in [6, 6.07) is 17.6. The third-order valence-corrected chi connectivity index (χ3v) is 4.50. The molecule has 1 amide bonds. The molecule has 5 heteroatoms. The van der Waals surface area contributed by atoms with Gasteiger partial charge in [-0.1, -0.05) is 60.4 Å². The van der Waals surface area contributed by atoms with Crippen LogP contribution in [0.25, 0.3) is 10.6 Å². The van der Waals surface area contributed by atoms with Crippen LogP contribution in [0.1, 0.15) is 16.1 Å². The summed E-state index contributed by atoms with van der Waals surface area (Å²) in [4.78, 5) is 16.5. The van der Waals surface area contributed by atoms with E-state index in [0.717, 1.165) is 21.9 Å². The molecule has 3 rings (SSSR count). The minimum atomic E-state index is -0.224. The Kier molecular flexibility index (Phi) is 6.02. The van der Waals surface area contributed by atoms with Crippen molar-refractivity contribution in [1.82, 2.24) is 10.3 Å². The molecule has 3 aromatic rings. The molecule has 0 saturated carbocycles. The van der Waals surface area contributed by atoms with Crippen molar-refractivity contribution in [3.05, 3.63) is 71.2 Å². The van der Waals surface area contributed by atoms with Crippen molar-refractivity contribution in [2.24, 2.45) is 0 Å². The molecule has 0 radical (unpaired) electrons. The standard InChI is InChI=1S/C21H18N2O2S/c1-16-9-5-6-12-19(16)25-14-8-7-13-22-20(24)18-15-26-21(23-18)17-10-3-2-4-11-17/h2-6,9-12,15H,13-14H2,1H3,(H,22,24). The fourth-order valence-electron chi connectivity index (χ4n) is 2.25. The number of aryl methyl sites for hydroxylation is 1. The number of thiazole rings is 1. The van der Waals surface area contributed by atoms with Crippen LogP contribution in [0.3, 0.4) is 0 Å². The minimum Gasteiger partial charge on any atom is -0.481 e. The van der Waals surface area contributed by atoms with Crippen LogP contribution in [0.2, 0.25) is 0 Å². The van der Waals surface area contributed by atoms with E-state index in [1.54, 1.807) is 5.38 Å². The molecular weight excluding hydrogens is 344 g/mol. The first kappa shape index (κ1) is 17.7. The van der Waals surface area contributed by atoms with E-state index in [1.165, 1.54) is 11.3 Å². The van der Waals surface area contributed by atoms with Gasteiger partial charge in [0.2, 0.25) is 0 Å². The molecule has 0 aliphatic rings. The lowest BCUT2D eigenvalue weighted by molar-refractivity contribution is 0.0954. The zero-order valence-electron chi connectivity index (χ0n) is 14.4. The van der Waals surface area contributed by atoms with Crippen molar-refractivity contribution in [2.75, 3.05) is 13.2 Å². The summed E-state index contributed by atoms with van der Waals surface area (Å²) in [6.45, 7) is 2.53. The van der Waals surface area contributed by atoms with Gasteiger partial charge in [0, 0.05) is 10.9 Å². The number of benzene rings is 2. The molecule has 0 saturated heterocycles. The number of nitrogens with zero attached hydrogens (tertiary/aromatic N) is 1. The average Bonchev–Trinajstić information content (AvgIpc) is 3.17. The second-order valence-electron chi connectivity index (χ2n) is 5.49. The van der Waals surface area contributed by atoms with Gasteiger partial charge in [0.05, 0.1) is 6.54 Å². The van der Waals surface area contributed by atoms with Gasteiger partial charge in [0.15, 0.2) is 0 Å². The lowest BCUT2D eigenvalue weighted by Crippen LogP contribution is -2.23. The van der Waals surface area contributed by atoms with E-state index in [9.17, 15) is 4.79 Å². The molecule has 26 heavy (non-hydrogen) atoms. The molecule has 130 valence electrons. The summed E-state index contributed by atoms with van der Waals surface area (Å²) >= 11 is 1.45. The molecule has 0 unspecified atom stereocenters. The number of hydrogen-bond donors (Lipinski definition) is 1. The van der Waals surface area contributed by atoms with Crippen LogP contribution < -0.4 is 10.1 Å². The second-order valence-corrected chi connectivity index (χ2v) is 6.35. The van der Waals surface area contributed by atoms with E-state index >= 15 is 0 Å². The van der Waals surface area contributed by atoms with E-state index in [4.69, 9.17) is 4.74 Å². The number of para-hydroxylation sites is 1. The zero-order chi connectivity index (χ0) is 18.2. The number of ether oxygens (including phenoxy) is 1. The Bertz CT molecular complexity index is 939. The number of carbonyl (C=O) groups excluding carboxylic acids is 1. The maximum Gasteiger partial charge on any atom is 0.271 e. The number of carbonyl (C=O) groups is 1. The highest BCUT2D eigenvalue weighted by atomic mass is 32.1. The van der Waals surface area contributed by atoms with Crippen molar-refractivity contribution in [3.8, 4) is 28.2 Å². The first-order valence-corrected chi connectivity index (χ1v) is 9.05. The third kappa shape index (κ3) is 4.71. The first-order chi connectivity index (χ1) is 12.7. The molecule has 0 aliphatic carbocycles. The van der Waals surface area contributed by atoms with Crippen molar-refractivity contribution >= 4 is 17.2 Å². The Morgan fingerprint density at radius 1 is 1.12 bits per heavy atom. The molecule has 0 fully saturated rings. The molecule has 0 aliphatic heterocycles. The predicted molar refractivity (Wildman–Crippen MR) is 104 cm³/mol. The normalized spacial score (nSPS) is 9.88. The van der Waals surface area contributed by atoms with Gasteiger partial charge in [-0.2, -0.15) is 0 Å². The fourth-order valence-corrected chi connectivity index (χ4v) is 3.06. The summed E-state index contributed by atoms with van der Waals surface area (Å²) < 4.78 is 5.58. The number of nitrogens with one attached hydrogen (secondary N) is 1. The monoisotopic (exact) mass is 362 g/mol. The Hall–Kier alpha value is -3.10. The Balaban J connectivity index is 1.46. The summed E-state index contributed by atoms with van der Waals surface area (Å²) in [5, 5.41) is 5.33. The van der Waals surface area contributed by atoms with Crippen molar-refractivity contribution in [1.29, 1.82) is 0 Å². The molecule has 2 aromatic carbocycles. The predicted octanol–water partition coefficient (Wildman–Crippen LogP) is 3.93. The SMILES string of the molecule is Cc1ccccc1OCC#CCNC(=O)c1csc(-c2ccccc2)n1. The van der Waals surface area contributed by atoms with Gasteiger partial charge < -0.3 is 10.1 Å². The van der Waals surface area contributed by atoms with E-state index in [2.05, 4.69) is 22.1 Å². The topological polar surface area (TPSA) is 51.2 Å². The van der Waals surface area contributed by atoms with Crippen LogP contribution in [0.15, 0.2) is 60.0 Å². The second kappa shape index (κ2) is 8.84. The van der Waals surface area contributed by atoms with Crippen LogP contribution in [-0.4, -0.2) is 24.0 Å². The van der Waals surface area contributed by atoms with Crippen LogP contribution in [-0.2, 0) is 0 Å². The summed E-state index contributed by atoms with van der Waals surface area (Å²) in [5.74, 6) is 6.37. The highest BCUT2D eigenvalue weighted by molar-refractivity contribution is 7.13. The number of rotatable bonds is 5. The lowest BCUT2D eigenvalue weighted by atomic mass is 10.2. The maximum absolute atomic E-state index is 12.1. The van der Waals surface area contributed by atoms with E-state index < -0.39 is 0 Å². The Labute approximate surface area is 156 Å². The molecule has 0 spiro atoms. The van der Waals surface area contributed by atoms with Crippen molar-refractivity contribution < 1.29 is 9.53 Å². The molecule has 1 aromatic heterocycles. The van der Waals surface area contributed by atoms with E-state index in [1.807, 2.05) is 61.5 Å². The highest BCUT2D eigenvalue weighted by Crippen LogP contribution is 2.23. The van der Waals surface area contributed by atoms with Gasteiger partial charge in [-0.15, -0.1) is 11.3 Å². The molecular formula is C21H18N2O2S. The summed E-state index contributed by atoms with van der Waals surface area (Å²) in [6.07, 6.45) is 0. The largest absolute Gasteiger partial charge is 0.481 e. The number of amides is 1. The van der Waals surface area contributed by atoms with Crippen molar-refractivity contribution in [2.45, 2.75) is 6.92 Å². The van der Waals surface area contributed by atoms with Crippen LogP contribution in [0.4, 0.5) is 0 Å². The van der Waals surface area contributed by atoms with Gasteiger partial charge in [-0.25, -0.2) is 4.98 Å². The van der Waals surface area contributed by atoms with Crippen molar-refractivity contribution in [3.63, 3.8) is 0 Å². The van der Waals surface area contributed by atoms with E-state index in [0.29, 0.717) is 5.69 Å². The molecule has 4 nitrogen and oxygen atoms in total. The van der Waals surface area contributed by atoms with Gasteiger partial charge in [-0.3, -0.25) is 4.79 Å². The zero-order valence-corrected chi connectivity index (χ0v) is 15.2. The van der Waals surface area contributed by atoms with Gasteiger partial charge >= 0.3 is 0 Å². The highest BCUT2D eigenvalue weighted by Gasteiger charge is 2.10. The minimum absolute atomic E-state index is 0.224. The third-order valence-electron chi connectivity index (χ3n) is 3.61. The Morgan fingerprint density at radius 3 is 2.69 bits per heavy atom. The lowest BCUT2D eigenvalue weighted by Gasteiger charge is -2.04. The first-order valence-electron chi connectivity index (χ1n) is 8.17. The summed E-state index contributed by atoms with van der Waals surface area (Å²) in [7, 11) is 0. The maximum atomic E-state index is 12.1. The smallest absolute Gasteiger partial charge is 0.271 e. The van der Waals surface area contributed by atoms with Gasteiger partial charge in [-0.05, 0) is 18.6 Å². The average molecular weight is 362 g/mol. The number of aromatic nitrogens is 1. The van der Waals surface area contributed by atoms with Gasteiger partial charge in [0.1, 0.15) is 23.1 Å². The van der Waals surface area contributed by atoms with E-state index in [-0.39, 0.29) is 19.1 Å². The molecule has 0 atom stereocenters. The molecule has 1 heterocycles. The fraction of sp³-hybridized carbons (Fsp3) is 0.143. The van der Waals surface area contributed by atoms with Crippen LogP contribution >= 0.6 is 11.3 Å². The summed E-state index contributed by atoms with van der Waals surface area (Å²) in [5.41, 5.74) is 2.48. The van der Waals surface area contributed by atoms with Crippen LogP contribution in [0, 0.1) is 18.8 Å². The quantitative estimate of drug-likeness (QED) is 0.700. The molecule has 0 bridgehead atoms. The number of hydrogen-bond acceptors (Lipinski definition) is 4. The molecule has 1 N–H and O–H groups in total. The van der Waals surface area contributed by atoms with Crippen LogP contribution in [0.5, 0.6) is 5.75 Å². The van der Waals surface area contributed by atoms with Gasteiger partial charge in [0.25, 0.3) is 5.91 Å².